The third-order valence-corrected chi connectivity index (χ3v) is 13.1. The number of methoxy groups -OCH3 is 1. The van der Waals surface area contributed by atoms with Crippen molar-refractivity contribution in [3.05, 3.63) is 83.4 Å². The van der Waals surface area contributed by atoms with Gasteiger partial charge in [-0.1, -0.05) is 30.3 Å². The Morgan fingerprint density at radius 1 is 0.896 bits per heavy atom. The molecule has 0 unspecified atom stereocenters. The molecule has 48 heavy (non-hydrogen) atoms. The van der Waals surface area contributed by atoms with E-state index in [2.05, 4.69) is 63.9 Å². The Hall–Kier alpha value is -3.38. The highest BCUT2D eigenvalue weighted by Gasteiger charge is 2.43. The van der Waals surface area contributed by atoms with Crippen LogP contribution in [0.1, 0.15) is 72.9 Å². The minimum Gasteiger partial charge on any atom is -0.497 e. The van der Waals surface area contributed by atoms with Gasteiger partial charge in [-0.15, -0.1) is 0 Å². The van der Waals surface area contributed by atoms with E-state index in [0.29, 0.717) is 41.3 Å². The number of ether oxygens (including phenoxy) is 1. The van der Waals surface area contributed by atoms with Crippen molar-refractivity contribution in [3.8, 4) is 5.75 Å². The first kappa shape index (κ1) is 34.5. The molecule has 0 saturated carbocycles. The van der Waals surface area contributed by atoms with E-state index in [4.69, 9.17) is 4.74 Å². The van der Waals surface area contributed by atoms with E-state index in [-0.39, 0.29) is 17.5 Å². The van der Waals surface area contributed by atoms with E-state index in [1.165, 1.54) is 11.9 Å². The van der Waals surface area contributed by atoms with Crippen LogP contribution in [0.5, 0.6) is 5.75 Å². The number of aryl methyl sites for hydroxylation is 2. The Bertz CT molecular complexity index is 1650. The van der Waals surface area contributed by atoms with Crippen molar-refractivity contribution in [1.29, 1.82) is 0 Å². The SMILES string of the molecule is COc1ccc(S(=O)(=O)N2CCC([C@@H](c3ccccc3)N3CCN(C4(C)CCN(C(=O)c5c(C)ncnc5C)CC4)C[C@@H]3C)CC2)cc1. The molecule has 3 aliphatic rings. The van der Waals surface area contributed by atoms with Crippen LogP contribution in [0.2, 0.25) is 0 Å². The lowest BCUT2D eigenvalue weighted by atomic mass is 9.82. The number of sulfonamides is 1. The van der Waals surface area contributed by atoms with Gasteiger partial charge in [-0.3, -0.25) is 14.6 Å². The second-order valence-electron chi connectivity index (χ2n) is 14.0. The predicted octanol–water partition coefficient (Wildman–Crippen LogP) is 4.95. The van der Waals surface area contributed by atoms with Crippen LogP contribution in [0, 0.1) is 19.8 Å². The van der Waals surface area contributed by atoms with E-state index < -0.39 is 10.0 Å². The number of amides is 1. The van der Waals surface area contributed by atoms with Gasteiger partial charge in [-0.05, 0) is 89.1 Å². The average Bonchev–Trinajstić information content (AvgIpc) is 3.10. The lowest BCUT2D eigenvalue weighted by Crippen LogP contribution is -2.63. The monoisotopic (exact) mass is 674 g/mol. The molecule has 3 aliphatic heterocycles. The number of likely N-dealkylation sites (tertiary alicyclic amines) is 1. The summed E-state index contributed by atoms with van der Waals surface area (Å²) in [5, 5.41) is 0. The third kappa shape index (κ3) is 6.88. The molecule has 3 aromatic rings. The molecule has 0 N–H and O–H groups in total. The van der Waals surface area contributed by atoms with Crippen LogP contribution in [0.15, 0.2) is 65.8 Å². The molecule has 3 fully saturated rings. The summed E-state index contributed by atoms with van der Waals surface area (Å²) in [4.78, 5) is 29.6. The van der Waals surface area contributed by atoms with Gasteiger partial charge < -0.3 is 9.64 Å². The molecule has 2 atom stereocenters. The molecule has 3 saturated heterocycles. The van der Waals surface area contributed by atoms with Crippen LogP contribution in [-0.2, 0) is 10.0 Å². The number of carbonyl (C=O) groups excluding carboxylic acids is 1. The molecule has 4 heterocycles. The first-order chi connectivity index (χ1) is 23.0. The van der Waals surface area contributed by atoms with Crippen LogP contribution < -0.4 is 4.74 Å². The number of piperazine rings is 1. The zero-order chi connectivity index (χ0) is 34.1. The van der Waals surface area contributed by atoms with Crippen molar-refractivity contribution in [1.82, 2.24) is 29.0 Å². The number of carbonyl (C=O) groups is 1. The lowest BCUT2D eigenvalue weighted by molar-refractivity contribution is -0.0421. The summed E-state index contributed by atoms with van der Waals surface area (Å²) >= 11 is 0. The van der Waals surface area contributed by atoms with Crippen LogP contribution in [0.3, 0.4) is 0 Å². The minimum absolute atomic E-state index is 0.0256. The molecule has 0 bridgehead atoms. The number of aromatic nitrogens is 2. The molecule has 0 spiro atoms. The minimum atomic E-state index is -3.57. The Morgan fingerprint density at radius 2 is 1.52 bits per heavy atom. The normalized spacial score (nSPS) is 22.4. The summed E-state index contributed by atoms with van der Waals surface area (Å²) in [5.41, 5.74) is 3.45. The molecule has 6 rings (SSSR count). The van der Waals surface area contributed by atoms with E-state index in [1.54, 1.807) is 35.7 Å². The fourth-order valence-electron chi connectivity index (χ4n) is 8.16. The number of piperidine rings is 2. The maximum atomic E-state index is 13.5. The molecule has 2 aromatic carbocycles. The van der Waals surface area contributed by atoms with Crippen molar-refractivity contribution < 1.29 is 17.9 Å². The van der Waals surface area contributed by atoms with Crippen molar-refractivity contribution in [2.24, 2.45) is 5.92 Å². The van der Waals surface area contributed by atoms with Crippen LogP contribution in [0.4, 0.5) is 0 Å². The molecule has 11 heteroatoms. The predicted molar refractivity (Wildman–Crippen MR) is 186 cm³/mol. The molecule has 10 nitrogen and oxygen atoms in total. The molecule has 0 radical (unpaired) electrons. The molecule has 258 valence electrons. The fourth-order valence-corrected chi connectivity index (χ4v) is 9.63. The number of nitrogens with zero attached hydrogens (tertiary/aromatic N) is 6. The van der Waals surface area contributed by atoms with Gasteiger partial charge >= 0.3 is 0 Å². The first-order valence-corrected chi connectivity index (χ1v) is 18.7. The lowest BCUT2D eigenvalue weighted by Gasteiger charge is -2.54. The summed E-state index contributed by atoms with van der Waals surface area (Å²) in [7, 11) is -1.99. The van der Waals surface area contributed by atoms with Gasteiger partial charge in [0.25, 0.3) is 5.91 Å². The summed E-state index contributed by atoms with van der Waals surface area (Å²) in [6.07, 6.45) is 5.01. The first-order valence-electron chi connectivity index (χ1n) is 17.3. The van der Waals surface area contributed by atoms with Crippen molar-refractivity contribution in [3.63, 3.8) is 0 Å². The molecule has 0 aliphatic carbocycles. The maximum Gasteiger partial charge on any atom is 0.257 e. The summed E-state index contributed by atoms with van der Waals surface area (Å²) < 4.78 is 33.9. The number of benzene rings is 2. The van der Waals surface area contributed by atoms with Crippen molar-refractivity contribution in [2.45, 2.75) is 75.9 Å². The largest absolute Gasteiger partial charge is 0.497 e. The highest BCUT2D eigenvalue weighted by atomic mass is 32.2. The highest BCUT2D eigenvalue weighted by molar-refractivity contribution is 7.89. The number of hydrogen-bond donors (Lipinski definition) is 0. The van der Waals surface area contributed by atoms with Crippen LogP contribution in [0.25, 0.3) is 0 Å². The maximum absolute atomic E-state index is 13.5. The van der Waals surface area contributed by atoms with Gasteiger partial charge in [0.1, 0.15) is 12.1 Å². The van der Waals surface area contributed by atoms with Crippen molar-refractivity contribution >= 4 is 15.9 Å². The Labute approximate surface area is 286 Å². The standard InChI is InChI=1S/C37H50N6O4S/c1-27-25-41(37(4)17-21-40(22-18-37)36(44)34-28(2)38-26-39-29(34)3)23-24-43(27)35(30-9-7-6-8-10-30)31-15-19-42(20-16-31)48(45,46)33-13-11-32(47-5)12-14-33/h6-14,26-27,31,35H,15-25H2,1-5H3/t27-,35+/m0/s1. The van der Waals surface area contributed by atoms with Crippen molar-refractivity contribution in [2.75, 3.05) is 52.9 Å². The number of hydrogen-bond acceptors (Lipinski definition) is 8. The van der Waals surface area contributed by atoms with Gasteiger partial charge in [0.05, 0.1) is 29.0 Å². The van der Waals surface area contributed by atoms with Crippen LogP contribution in [-0.4, -0.2) is 108 Å². The van der Waals surface area contributed by atoms with Gasteiger partial charge in [0.2, 0.25) is 10.0 Å². The molecule has 1 amide bonds. The second-order valence-corrected chi connectivity index (χ2v) is 16.0. The summed E-state index contributed by atoms with van der Waals surface area (Å²) in [5.74, 6) is 1.03. The van der Waals surface area contributed by atoms with E-state index in [9.17, 15) is 13.2 Å². The zero-order valence-electron chi connectivity index (χ0n) is 29.0. The van der Waals surface area contributed by atoms with E-state index >= 15 is 0 Å². The smallest absolute Gasteiger partial charge is 0.257 e. The van der Waals surface area contributed by atoms with E-state index in [1.807, 2.05) is 18.7 Å². The Morgan fingerprint density at radius 3 is 2.10 bits per heavy atom. The van der Waals surface area contributed by atoms with Gasteiger partial charge in [-0.25, -0.2) is 18.4 Å². The summed E-state index contributed by atoms with van der Waals surface area (Å²) in [6.45, 7) is 13.8. The van der Waals surface area contributed by atoms with E-state index in [0.717, 1.165) is 69.8 Å². The Kier molecular flexibility index (Phi) is 10.2. The number of rotatable bonds is 8. The van der Waals surface area contributed by atoms with Gasteiger partial charge in [0.15, 0.2) is 0 Å². The topological polar surface area (TPSA) is 99.2 Å². The highest BCUT2D eigenvalue weighted by Crippen LogP contribution is 2.40. The average molecular weight is 675 g/mol. The molecule has 1 aromatic heterocycles. The zero-order valence-corrected chi connectivity index (χ0v) is 29.8. The molecular formula is C37H50N6O4S. The Balaban J connectivity index is 1.11. The second kappa shape index (κ2) is 14.2. The molecular weight excluding hydrogens is 625 g/mol. The fraction of sp³-hybridized carbons (Fsp3) is 0.541. The van der Waals surface area contributed by atoms with Gasteiger partial charge in [0, 0.05) is 63.4 Å². The quantitative estimate of drug-likeness (QED) is 0.331. The van der Waals surface area contributed by atoms with Gasteiger partial charge in [-0.2, -0.15) is 4.31 Å². The van der Waals surface area contributed by atoms with Crippen LogP contribution >= 0.6 is 0 Å². The summed E-state index contributed by atoms with van der Waals surface area (Å²) in [6, 6.07) is 18.0. The third-order valence-electron chi connectivity index (χ3n) is 11.2.